The molecule has 178 valence electrons. The Labute approximate surface area is 209 Å². The molecule has 1 aliphatic heterocycles. The molecule has 0 aliphatic carbocycles. The molecule has 1 N–H and O–H groups in total. The second-order valence-corrected chi connectivity index (χ2v) is 10.4. The lowest BCUT2D eigenvalue weighted by Gasteiger charge is -2.43. The summed E-state index contributed by atoms with van der Waals surface area (Å²) in [6, 6.07) is 19.8. The van der Waals surface area contributed by atoms with Crippen molar-refractivity contribution in [2.24, 2.45) is 0 Å². The number of carbonyl (C=O) groups excluding carboxylic acids is 2. The highest BCUT2D eigenvalue weighted by atomic mass is 32.1. The van der Waals surface area contributed by atoms with Crippen molar-refractivity contribution in [1.29, 1.82) is 0 Å². The van der Waals surface area contributed by atoms with Crippen molar-refractivity contribution in [2.75, 3.05) is 4.90 Å². The van der Waals surface area contributed by atoms with Crippen molar-refractivity contribution in [3.8, 4) is 10.6 Å². The molecule has 4 aromatic rings. The molecule has 6 nitrogen and oxygen atoms in total. The molecule has 0 spiro atoms. The average Bonchev–Trinajstić information content (AvgIpc) is 3.50. The van der Waals surface area contributed by atoms with Crippen LogP contribution in [0, 0.1) is 20.8 Å². The number of hydrogen-bond donors (Lipinski definition) is 1. The van der Waals surface area contributed by atoms with E-state index in [0.29, 0.717) is 12.2 Å². The summed E-state index contributed by atoms with van der Waals surface area (Å²) in [4.78, 5) is 30.4. The van der Waals surface area contributed by atoms with Crippen LogP contribution in [0.4, 0.5) is 5.69 Å². The van der Waals surface area contributed by atoms with Crippen LogP contribution in [0.3, 0.4) is 0 Å². The summed E-state index contributed by atoms with van der Waals surface area (Å²) in [6.45, 7) is 8.46. The number of hydrogen-bond acceptors (Lipinski definition) is 4. The maximum atomic E-state index is 14.0. The van der Waals surface area contributed by atoms with Gasteiger partial charge in [0.05, 0.1) is 11.4 Å². The van der Waals surface area contributed by atoms with Crippen molar-refractivity contribution in [3.63, 3.8) is 0 Å². The van der Waals surface area contributed by atoms with Crippen LogP contribution in [-0.2, 0) is 17.9 Å². The lowest BCUT2D eigenvalue weighted by molar-refractivity contribution is -0.126. The molecule has 7 heteroatoms. The Hall–Kier alpha value is -3.71. The van der Waals surface area contributed by atoms with Gasteiger partial charge in [0.25, 0.3) is 5.91 Å². The molecule has 2 amide bonds. The normalized spacial score (nSPS) is 17.4. The quantitative estimate of drug-likeness (QED) is 0.420. The number of thiophene rings is 1. The molecule has 35 heavy (non-hydrogen) atoms. The minimum absolute atomic E-state index is 0.216. The maximum absolute atomic E-state index is 14.0. The molecular weight excluding hydrogens is 456 g/mol. The van der Waals surface area contributed by atoms with Gasteiger partial charge in [0.1, 0.15) is 16.9 Å². The molecule has 5 rings (SSSR count). The molecule has 0 saturated heterocycles. The van der Waals surface area contributed by atoms with Crippen LogP contribution in [-0.4, -0.2) is 27.1 Å². The van der Waals surface area contributed by atoms with Crippen LogP contribution < -0.4 is 10.2 Å². The van der Waals surface area contributed by atoms with Gasteiger partial charge in [0.15, 0.2) is 0 Å². The van der Waals surface area contributed by atoms with Crippen LogP contribution >= 0.6 is 11.3 Å². The summed E-state index contributed by atoms with van der Waals surface area (Å²) in [6.07, 6.45) is 0. The van der Waals surface area contributed by atoms with E-state index < -0.39 is 5.54 Å². The number of aromatic nitrogens is 2. The minimum atomic E-state index is -1.16. The smallest absolute Gasteiger partial charge is 0.277 e. The number of fused-ring (bicyclic) bond motifs is 1. The van der Waals surface area contributed by atoms with Gasteiger partial charge < -0.3 is 5.32 Å². The third-order valence-corrected chi connectivity index (χ3v) is 7.45. The predicted molar refractivity (Wildman–Crippen MR) is 140 cm³/mol. The Kier molecular flexibility index (Phi) is 5.81. The highest BCUT2D eigenvalue weighted by Gasteiger charge is 2.49. The molecule has 1 atom stereocenters. The number of anilines is 1. The number of nitrogens with zero attached hydrogens (tertiary/aromatic N) is 3. The van der Waals surface area contributed by atoms with Gasteiger partial charge in [-0.15, -0.1) is 11.3 Å². The molecule has 2 aromatic heterocycles. The number of amides is 2. The number of carbonyl (C=O) groups is 2. The minimum Gasteiger partial charge on any atom is -0.350 e. The monoisotopic (exact) mass is 484 g/mol. The summed E-state index contributed by atoms with van der Waals surface area (Å²) in [5.74, 6) is -0.444. The number of nitrogens with one attached hydrogen (secondary N) is 1. The van der Waals surface area contributed by atoms with E-state index in [0.717, 1.165) is 38.5 Å². The molecule has 0 fully saturated rings. The number of benzene rings is 2. The third-order valence-electron chi connectivity index (χ3n) is 6.56. The zero-order chi connectivity index (χ0) is 24.7. The summed E-state index contributed by atoms with van der Waals surface area (Å²) < 4.78 is 1.69. The van der Waals surface area contributed by atoms with Gasteiger partial charge in [-0.3, -0.25) is 19.2 Å². The van der Waals surface area contributed by atoms with Gasteiger partial charge in [0.2, 0.25) is 5.91 Å². The first-order valence-corrected chi connectivity index (χ1v) is 12.5. The zero-order valence-electron chi connectivity index (χ0n) is 20.3. The van der Waals surface area contributed by atoms with Crippen molar-refractivity contribution in [2.45, 2.75) is 46.3 Å². The highest BCUT2D eigenvalue weighted by molar-refractivity contribution is 7.13. The first kappa shape index (κ1) is 23.1. The van der Waals surface area contributed by atoms with Crippen LogP contribution in [0.2, 0.25) is 0 Å². The number of rotatable bonds is 5. The Morgan fingerprint density at radius 3 is 2.60 bits per heavy atom. The number of aryl methyl sites for hydroxylation is 3. The largest absolute Gasteiger partial charge is 0.350 e. The first-order valence-electron chi connectivity index (χ1n) is 11.6. The van der Waals surface area contributed by atoms with Crippen LogP contribution in [0.15, 0.2) is 66.0 Å². The van der Waals surface area contributed by atoms with Crippen LogP contribution in [0.25, 0.3) is 10.6 Å². The maximum Gasteiger partial charge on any atom is 0.277 e. The Bertz CT molecular complexity index is 1420. The van der Waals surface area contributed by atoms with E-state index >= 15 is 0 Å². The van der Waals surface area contributed by atoms with Crippen LogP contribution in [0.5, 0.6) is 0 Å². The summed E-state index contributed by atoms with van der Waals surface area (Å²) in [5, 5.41) is 9.79. The summed E-state index contributed by atoms with van der Waals surface area (Å²) in [5.41, 5.74) is 4.93. The van der Waals surface area contributed by atoms with E-state index in [2.05, 4.69) is 11.4 Å². The fourth-order valence-electron chi connectivity index (χ4n) is 4.66. The van der Waals surface area contributed by atoms with Crippen molar-refractivity contribution in [3.05, 3.63) is 94.0 Å². The lowest BCUT2D eigenvalue weighted by atomic mass is 9.92. The third kappa shape index (κ3) is 4.17. The Balaban J connectivity index is 1.57. The average molecular weight is 485 g/mol. The van der Waals surface area contributed by atoms with Gasteiger partial charge >= 0.3 is 0 Å². The molecule has 3 heterocycles. The van der Waals surface area contributed by atoms with Gasteiger partial charge in [-0.2, -0.15) is 5.10 Å². The van der Waals surface area contributed by atoms with E-state index in [-0.39, 0.29) is 18.4 Å². The fourth-order valence-corrected chi connectivity index (χ4v) is 5.34. The van der Waals surface area contributed by atoms with Gasteiger partial charge in [-0.05, 0) is 68.0 Å². The van der Waals surface area contributed by atoms with Crippen molar-refractivity contribution < 1.29 is 9.59 Å². The molecule has 0 unspecified atom stereocenters. The standard InChI is InChI=1S/C28H28N4O2S/c1-18-7-5-8-21(13-18)16-29-27(34)28(4)17-31-24(15-22(30-31)25-9-6-12-35-25)26(33)32(28)23-14-19(2)10-11-20(23)3/h5-15H,16-17H2,1-4H3,(H,29,34)/t28-/m0/s1. The second-order valence-electron chi connectivity index (χ2n) is 9.43. The van der Waals surface area contributed by atoms with E-state index in [4.69, 9.17) is 5.10 Å². The lowest BCUT2D eigenvalue weighted by Crippen LogP contribution is -2.64. The van der Waals surface area contributed by atoms with E-state index in [1.807, 2.05) is 87.7 Å². The second kappa shape index (κ2) is 8.82. The molecule has 0 saturated carbocycles. The van der Waals surface area contributed by atoms with E-state index in [1.54, 1.807) is 20.9 Å². The van der Waals surface area contributed by atoms with E-state index in [1.165, 1.54) is 0 Å². The van der Waals surface area contributed by atoms with Crippen molar-refractivity contribution in [1.82, 2.24) is 15.1 Å². The summed E-state index contributed by atoms with van der Waals surface area (Å²) >= 11 is 1.58. The topological polar surface area (TPSA) is 67.2 Å². The molecule has 2 aromatic carbocycles. The zero-order valence-corrected chi connectivity index (χ0v) is 21.1. The van der Waals surface area contributed by atoms with Gasteiger partial charge in [-0.1, -0.05) is 48.0 Å². The molecule has 1 aliphatic rings. The molecule has 0 radical (unpaired) electrons. The highest BCUT2D eigenvalue weighted by Crippen LogP contribution is 2.36. The molecule has 0 bridgehead atoms. The first-order chi connectivity index (χ1) is 16.8. The summed E-state index contributed by atoms with van der Waals surface area (Å²) in [7, 11) is 0. The SMILES string of the molecule is Cc1cccc(CNC(=O)[C@]2(C)Cn3nc(-c4cccs4)cc3C(=O)N2c2cc(C)ccc2C)c1. The molecular formula is C28H28N4O2S. The van der Waals surface area contributed by atoms with Gasteiger partial charge in [-0.25, -0.2) is 0 Å². The van der Waals surface area contributed by atoms with Crippen molar-refractivity contribution >= 4 is 28.8 Å². The predicted octanol–water partition coefficient (Wildman–Crippen LogP) is 5.27. The fraction of sp³-hybridized carbons (Fsp3) is 0.250. The Morgan fingerprint density at radius 2 is 1.86 bits per heavy atom. The van der Waals surface area contributed by atoms with E-state index in [9.17, 15) is 9.59 Å². The van der Waals surface area contributed by atoms with Crippen LogP contribution in [0.1, 0.15) is 39.7 Å². The van der Waals surface area contributed by atoms with Gasteiger partial charge in [0, 0.05) is 12.2 Å². The Morgan fingerprint density at radius 1 is 1.06 bits per heavy atom.